The van der Waals surface area contributed by atoms with Gasteiger partial charge in [-0.05, 0) is 61.8 Å². The summed E-state index contributed by atoms with van der Waals surface area (Å²) in [6.45, 7) is 17.5. The molecule has 7 heteroatoms. The lowest BCUT2D eigenvalue weighted by molar-refractivity contribution is -0.118. The predicted octanol–water partition coefficient (Wildman–Crippen LogP) is 8.71. The molecule has 2 atom stereocenters. The van der Waals surface area contributed by atoms with Gasteiger partial charge in [-0.25, -0.2) is 4.98 Å². The van der Waals surface area contributed by atoms with Crippen LogP contribution in [-0.2, 0) is 4.79 Å². The summed E-state index contributed by atoms with van der Waals surface area (Å²) in [5.41, 5.74) is 3.13. The van der Waals surface area contributed by atoms with Crippen LogP contribution in [0.5, 0.6) is 0 Å². The number of rotatable bonds is 17. The second-order valence-electron chi connectivity index (χ2n) is 14.4. The number of piperazine rings is 1. The van der Waals surface area contributed by atoms with Gasteiger partial charge in [0.05, 0.1) is 16.9 Å². The fraction of sp³-hybridized carbons (Fsp3) is 0.615. The highest BCUT2D eigenvalue weighted by atomic mass is 16.2. The summed E-state index contributed by atoms with van der Waals surface area (Å²) in [5.74, 6) is 2.75. The molecule has 4 rings (SSSR count). The molecule has 1 fully saturated rings. The van der Waals surface area contributed by atoms with Gasteiger partial charge < -0.3 is 10.2 Å². The molecule has 0 bridgehead atoms. The molecular weight excluding hydrogens is 570 g/mol. The number of benzene rings is 1. The number of carbonyl (C=O) groups is 2. The quantitative estimate of drug-likeness (QED) is 0.177. The average Bonchev–Trinajstić information content (AvgIpc) is 3.16. The van der Waals surface area contributed by atoms with Gasteiger partial charge in [-0.15, -0.1) is 0 Å². The minimum absolute atomic E-state index is 0.0501. The van der Waals surface area contributed by atoms with Gasteiger partial charge in [0, 0.05) is 51.9 Å². The molecule has 1 saturated heterocycles. The molecule has 2 aliphatic heterocycles. The van der Waals surface area contributed by atoms with Gasteiger partial charge in [0.25, 0.3) is 5.91 Å². The molecule has 3 heterocycles. The van der Waals surface area contributed by atoms with Gasteiger partial charge in [0.15, 0.2) is 5.82 Å². The maximum atomic E-state index is 13.6. The third-order valence-corrected chi connectivity index (χ3v) is 9.83. The van der Waals surface area contributed by atoms with Crippen molar-refractivity contribution in [2.75, 3.05) is 49.5 Å². The minimum atomic E-state index is -0.224. The number of hydrogen-bond acceptors (Lipinski definition) is 5. The number of amides is 2. The molecule has 0 unspecified atom stereocenters. The van der Waals surface area contributed by atoms with Crippen LogP contribution in [-0.4, -0.2) is 65.9 Å². The van der Waals surface area contributed by atoms with Crippen LogP contribution in [0.15, 0.2) is 54.2 Å². The van der Waals surface area contributed by atoms with Crippen molar-refractivity contribution in [3.8, 4) is 0 Å². The first-order chi connectivity index (χ1) is 22.2. The van der Waals surface area contributed by atoms with E-state index in [9.17, 15) is 9.59 Å². The van der Waals surface area contributed by atoms with Crippen molar-refractivity contribution < 1.29 is 9.59 Å². The average molecular weight is 630 g/mol. The van der Waals surface area contributed by atoms with E-state index in [0.717, 1.165) is 50.5 Å². The summed E-state index contributed by atoms with van der Waals surface area (Å²) in [7, 11) is 0. The highest BCUT2D eigenvalue weighted by Crippen LogP contribution is 2.36. The molecule has 46 heavy (non-hydrogen) atoms. The Balaban J connectivity index is 1.13. The number of nitrogens with one attached hydrogen (secondary N) is 1. The smallest absolute Gasteiger partial charge is 0.257 e. The van der Waals surface area contributed by atoms with Crippen LogP contribution >= 0.6 is 0 Å². The van der Waals surface area contributed by atoms with Gasteiger partial charge in [-0.3, -0.25) is 19.4 Å². The summed E-state index contributed by atoms with van der Waals surface area (Å²) < 4.78 is 0. The Morgan fingerprint density at radius 1 is 0.848 bits per heavy atom. The standard InChI is InChI=1S/C39H59N5O2/c1-30(2)12-8-13-31(3)14-9-15-32(4)16-10-17-33(5)21-24-42-26-28-43(29-27-42)25-22-37(45)44-36-20-7-6-18-34(36)39(46)41-35-19-11-23-40-38(35)44/h6-7,11,18-21,23,30-32H,8-10,12-17,22,24-29H2,1-5H3,(H,41,46)/t31-,32-/m1/s1. The third-order valence-electron chi connectivity index (χ3n) is 9.83. The van der Waals surface area contributed by atoms with Crippen LogP contribution in [0.1, 0.15) is 109 Å². The lowest BCUT2D eigenvalue weighted by Gasteiger charge is -2.34. The molecule has 0 spiro atoms. The van der Waals surface area contributed by atoms with Gasteiger partial charge in [-0.1, -0.05) is 96.4 Å². The van der Waals surface area contributed by atoms with Gasteiger partial charge in [0.1, 0.15) is 0 Å². The van der Waals surface area contributed by atoms with E-state index in [2.05, 4.69) is 60.8 Å². The molecule has 7 nitrogen and oxygen atoms in total. The molecule has 1 aromatic carbocycles. The van der Waals surface area contributed by atoms with E-state index in [-0.39, 0.29) is 11.8 Å². The van der Waals surface area contributed by atoms with Crippen LogP contribution < -0.4 is 10.2 Å². The molecule has 0 aliphatic carbocycles. The van der Waals surface area contributed by atoms with Crippen molar-refractivity contribution in [1.29, 1.82) is 0 Å². The maximum absolute atomic E-state index is 13.6. The Labute approximate surface area is 278 Å². The molecular formula is C39H59N5O2. The van der Waals surface area contributed by atoms with E-state index >= 15 is 0 Å². The summed E-state index contributed by atoms with van der Waals surface area (Å²) in [6.07, 6.45) is 16.6. The Kier molecular flexibility index (Phi) is 14.3. The molecule has 252 valence electrons. The Morgan fingerprint density at radius 2 is 1.50 bits per heavy atom. The zero-order valence-corrected chi connectivity index (χ0v) is 29.3. The van der Waals surface area contributed by atoms with Crippen molar-refractivity contribution in [2.24, 2.45) is 17.8 Å². The Bertz CT molecular complexity index is 1280. The van der Waals surface area contributed by atoms with E-state index in [1.165, 1.54) is 63.4 Å². The second kappa shape index (κ2) is 18.3. The van der Waals surface area contributed by atoms with Gasteiger partial charge in [0.2, 0.25) is 5.91 Å². The van der Waals surface area contributed by atoms with E-state index in [1.54, 1.807) is 29.3 Å². The number of anilines is 3. The monoisotopic (exact) mass is 629 g/mol. The number of fused-ring (bicyclic) bond motifs is 2. The lowest BCUT2D eigenvalue weighted by atomic mass is 9.91. The van der Waals surface area contributed by atoms with E-state index in [0.29, 0.717) is 35.7 Å². The molecule has 2 amide bonds. The first-order valence-electron chi connectivity index (χ1n) is 18.0. The van der Waals surface area contributed by atoms with Crippen molar-refractivity contribution >= 4 is 29.0 Å². The zero-order chi connectivity index (χ0) is 32.9. The summed E-state index contributed by atoms with van der Waals surface area (Å²) in [5, 5.41) is 2.91. The zero-order valence-electron chi connectivity index (χ0n) is 29.3. The first-order valence-corrected chi connectivity index (χ1v) is 18.0. The van der Waals surface area contributed by atoms with Crippen molar-refractivity contribution in [1.82, 2.24) is 14.8 Å². The second-order valence-corrected chi connectivity index (χ2v) is 14.4. The summed E-state index contributed by atoms with van der Waals surface area (Å²) >= 11 is 0. The van der Waals surface area contributed by atoms with Crippen LogP contribution in [0, 0.1) is 17.8 Å². The summed E-state index contributed by atoms with van der Waals surface area (Å²) in [4.78, 5) is 37.5. The molecule has 0 radical (unpaired) electrons. The highest BCUT2D eigenvalue weighted by molar-refractivity contribution is 6.17. The molecule has 2 aromatic rings. The number of pyridine rings is 1. The van der Waals surface area contributed by atoms with Crippen LogP contribution in [0.3, 0.4) is 0 Å². The van der Waals surface area contributed by atoms with E-state index < -0.39 is 0 Å². The van der Waals surface area contributed by atoms with Crippen molar-refractivity contribution in [3.05, 3.63) is 59.8 Å². The number of aromatic nitrogens is 1. The Morgan fingerprint density at radius 3 is 2.22 bits per heavy atom. The van der Waals surface area contributed by atoms with Crippen molar-refractivity contribution in [2.45, 2.75) is 98.8 Å². The minimum Gasteiger partial charge on any atom is -0.319 e. The number of para-hydroxylation sites is 1. The normalized spacial score (nSPS) is 17.3. The van der Waals surface area contributed by atoms with E-state index in [1.807, 2.05) is 18.2 Å². The van der Waals surface area contributed by atoms with E-state index in [4.69, 9.17) is 0 Å². The lowest BCUT2D eigenvalue weighted by Crippen LogP contribution is -2.47. The Hall–Kier alpha value is -3.03. The van der Waals surface area contributed by atoms with Gasteiger partial charge in [-0.2, -0.15) is 0 Å². The largest absolute Gasteiger partial charge is 0.319 e. The van der Waals surface area contributed by atoms with Crippen LogP contribution in [0.4, 0.5) is 17.2 Å². The first kappa shape index (κ1) is 35.8. The number of allylic oxidation sites excluding steroid dienone is 1. The third kappa shape index (κ3) is 11.0. The topological polar surface area (TPSA) is 68.8 Å². The number of nitrogens with zero attached hydrogens (tertiary/aromatic N) is 4. The van der Waals surface area contributed by atoms with Crippen LogP contribution in [0.25, 0.3) is 0 Å². The van der Waals surface area contributed by atoms with Crippen LogP contribution in [0.2, 0.25) is 0 Å². The fourth-order valence-corrected chi connectivity index (χ4v) is 6.74. The van der Waals surface area contributed by atoms with Gasteiger partial charge >= 0.3 is 0 Å². The molecule has 1 N–H and O–H groups in total. The highest BCUT2D eigenvalue weighted by Gasteiger charge is 2.30. The summed E-state index contributed by atoms with van der Waals surface area (Å²) in [6, 6.07) is 10.8. The number of carbonyl (C=O) groups excluding carboxylic acids is 2. The number of hydrogen-bond donors (Lipinski definition) is 1. The predicted molar refractivity (Wildman–Crippen MR) is 192 cm³/mol. The maximum Gasteiger partial charge on any atom is 0.257 e. The SMILES string of the molecule is CC(=CCN1CCN(CCC(=O)N2c3ccccc3C(=O)Nc3cccnc32)CC1)CCC[C@H](C)CCC[C@H](C)CCCC(C)C. The molecule has 0 saturated carbocycles. The molecule has 1 aromatic heterocycles. The van der Waals surface area contributed by atoms with Crippen molar-refractivity contribution in [3.63, 3.8) is 0 Å². The fourth-order valence-electron chi connectivity index (χ4n) is 6.74. The molecule has 2 aliphatic rings.